The Morgan fingerprint density at radius 2 is 1.61 bits per heavy atom. The number of hydrogen-bond acceptors (Lipinski definition) is 4. The first kappa shape index (κ1) is 17.6. The number of rotatable bonds is 5. The van der Waals surface area contributed by atoms with Crippen LogP contribution in [0.2, 0.25) is 0 Å². The van der Waals surface area contributed by atoms with Crippen molar-refractivity contribution < 1.29 is 4.79 Å². The van der Waals surface area contributed by atoms with Crippen LogP contribution in [0, 0.1) is 6.92 Å². The normalized spacial score (nSPS) is 11.8. The van der Waals surface area contributed by atoms with Crippen LogP contribution >= 0.6 is 0 Å². The smallest absolute Gasteiger partial charge is 0.274 e. The Labute approximate surface area is 162 Å². The SMILES string of the molecule is Cc1ccc(-n2cc(C(=O)NC(c3ccccc3)c3ccncc3)nn2)cc1. The summed E-state index contributed by atoms with van der Waals surface area (Å²) in [6.45, 7) is 2.02. The number of nitrogens with zero attached hydrogens (tertiary/aromatic N) is 4. The molecule has 4 aromatic rings. The number of carbonyl (C=O) groups is 1. The van der Waals surface area contributed by atoms with Gasteiger partial charge in [0.25, 0.3) is 5.91 Å². The van der Waals surface area contributed by atoms with Gasteiger partial charge in [0.15, 0.2) is 5.69 Å². The number of nitrogens with one attached hydrogen (secondary N) is 1. The van der Waals surface area contributed by atoms with Gasteiger partial charge in [-0.05, 0) is 42.3 Å². The molecule has 0 saturated carbocycles. The van der Waals surface area contributed by atoms with Crippen LogP contribution in [0.5, 0.6) is 0 Å². The van der Waals surface area contributed by atoms with E-state index in [-0.39, 0.29) is 17.6 Å². The second-order valence-electron chi connectivity index (χ2n) is 6.48. The molecule has 0 aliphatic heterocycles. The molecule has 2 aromatic carbocycles. The summed E-state index contributed by atoms with van der Waals surface area (Å²) in [5, 5.41) is 11.2. The zero-order valence-corrected chi connectivity index (χ0v) is 15.4. The monoisotopic (exact) mass is 369 g/mol. The van der Waals surface area contributed by atoms with Gasteiger partial charge in [0.05, 0.1) is 17.9 Å². The second-order valence-corrected chi connectivity index (χ2v) is 6.48. The fraction of sp³-hybridized carbons (Fsp3) is 0.0909. The van der Waals surface area contributed by atoms with Gasteiger partial charge in [0, 0.05) is 12.4 Å². The topological polar surface area (TPSA) is 72.7 Å². The van der Waals surface area contributed by atoms with E-state index in [1.165, 1.54) is 0 Å². The highest BCUT2D eigenvalue weighted by molar-refractivity contribution is 5.92. The quantitative estimate of drug-likeness (QED) is 0.584. The van der Waals surface area contributed by atoms with Crippen LogP contribution in [0.25, 0.3) is 5.69 Å². The lowest BCUT2D eigenvalue weighted by molar-refractivity contribution is 0.0938. The summed E-state index contributed by atoms with van der Waals surface area (Å²) in [5.74, 6) is -0.288. The van der Waals surface area contributed by atoms with E-state index in [2.05, 4.69) is 20.6 Å². The maximum Gasteiger partial charge on any atom is 0.274 e. The Balaban J connectivity index is 1.59. The first-order valence-corrected chi connectivity index (χ1v) is 8.96. The average Bonchev–Trinajstić information content (AvgIpc) is 3.24. The standard InChI is InChI=1S/C22H19N5O/c1-16-7-9-19(10-8-16)27-15-20(25-26-27)22(28)24-21(17-5-3-2-4-6-17)18-11-13-23-14-12-18/h2-15,21H,1H3,(H,24,28). The van der Waals surface area contributed by atoms with E-state index in [1.807, 2.05) is 73.7 Å². The molecule has 0 radical (unpaired) electrons. The lowest BCUT2D eigenvalue weighted by Gasteiger charge is -2.19. The third-order valence-electron chi connectivity index (χ3n) is 4.47. The van der Waals surface area contributed by atoms with Gasteiger partial charge in [-0.2, -0.15) is 0 Å². The fourth-order valence-electron chi connectivity index (χ4n) is 2.96. The molecule has 0 spiro atoms. The minimum atomic E-state index is -0.304. The van der Waals surface area contributed by atoms with E-state index in [0.29, 0.717) is 0 Å². The van der Waals surface area contributed by atoms with Crippen molar-refractivity contribution in [3.05, 3.63) is 108 Å². The number of aryl methyl sites for hydroxylation is 1. The number of carbonyl (C=O) groups excluding carboxylic acids is 1. The number of benzene rings is 2. The molecule has 1 atom stereocenters. The van der Waals surface area contributed by atoms with Gasteiger partial charge in [-0.25, -0.2) is 4.68 Å². The minimum Gasteiger partial charge on any atom is -0.340 e. The van der Waals surface area contributed by atoms with E-state index < -0.39 is 0 Å². The van der Waals surface area contributed by atoms with Crippen LogP contribution in [0.1, 0.15) is 33.2 Å². The molecule has 6 nitrogen and oxygen atoms in total. The van der Waals surface area contributed by atoms with Gasteiger partial charge >= 0.3 is 0 Å². The van der Waals surface area contributed by atoms with Gasteiger partial charge in [0.1, 0.15) is 0 Å². The molecule has 4 rings (SSSR count). The van der Waals surface area contributed by atoms with Crippen LogP contribution < -0.4 is 5.32 Å². The van der Waals surface area contributed by atoms with Crippen LogP contribution in [0.15, 0.2) is 85.3 Å². The van der Waals surface area contributed by atoms with Crippen molar-refractivity contribution in [2.75, 3.05) is 0 Å². The molecule has 2 aromatic heterocycles. The first-order valence-electron chi connectivity index (χ1n) is 8.96. The Bertz CT molecular complexity index is 1020. The van der Waals surface area contributed by atoms with E-state index >= 15 is 0 Å². The Kier molecular flexibility index (Phi) is 4.93. The van der Waals surface area contributed by atoms with Gasteiger partial charge < -0.3 is 5.32 Å². The number of hydrogen-bond donors (Lipinski definition) is 1. The molecule has 2 heterocycles. The Hall–Kier alpha value is -3.80. The summed E-state index contributed by atoms with van der Waals surface area (Å²) in [6, 6.07) is 21.1. The maximum absolute atomic E-state index is 12.9. The summed E-state index contributed by atoms with van der Waals surface area (Å²) < 4.78 is 1.60. The molecular formula is C22H19N5O. The third-order valence-corrected chi connectivity index (χ3v) is 4.47. The van der Waals surface area contributed by atoms with Crippen LogP contribution in [-0.2, 0) is 0 Å². The molecule has 0 aliphatic carbocycles. The summed E-state index contributed by atoms with van der Waals surface area (Å²) in [7, 11) is 0. The highest BCUT2D eigenvalue weighted by atomic mass is 16.2. The lowest BCUT2D eigenvalue weighted by atomic mass is 9.99. The summed E-state index contributed by atoms with van der Waals surface area (Å²) >= 11 is 0. The van der Waals surface area contributed by atoms with E-state index in [9.17, 15) is 4.79 Å². The number of amides is 1. The average molecular weight is 369 g/mol. The van der Waals surface area contributed by atoms with Crippen LogP contribution in [0.4, 0.5) is 0 Å². The molecule has 6 heteroatoms. The van der Waals surface area contributed by atoms with E-state index in [1.54, 1.807) is 23.3 Å². The van der Waals surface area contributed by atoms with Crippen molar-refractivity contribution in [2.24, 2.45) is 0 Å². The minimum absolute atomic E-state index is 0.260. The van der Waals surface area contributed by atoms with Crippen LogP contribution in [-0.4, -0.2) is 25.9 Å². The first-order chi connectivity index (χ1) is 13.7. The van der Waals surface area contributed by atoms with E-state index in [0.717, 1.165) is 22.4 Å². The largest absolute Gasteiger partial charge is 0.340 e. The number of pyridine rings is 1. The lowest BCUT2D eigenvalue weighted by Crippen LogP contribution is -2.29. The van der Waals surface area contributed by atoms with Crippen molar-refractivity contribution in [3.63, 3.8) is 0 Å². The summed E-state index contributed by atoms with van der Waals surface area (Å²) in [6.07, 6.45) is 5.06. The van der Waals surface area contributed by atoms with Crippen LogP contribution in [0.3, 0.4) is 0 Å². The Morgan fingerprint density at radius 1 is 0.929 bits per heavy atom. The van der Waals surface area contributed by atoms with Crippen molar-refractivity contribution in [1.82, 2.24) is 25.3 Å². The zero-order valence-electron chi connectivity index (χ0n) is 15.4. The van der Waals surface area contributed by atoms with Gasteiger partial charge in [-0.3, -0.25) is 9.78 Å². The highest BCUT2D eigenvalue weighted by Crippen LogP contribution is 2.21. The molecule has 1 unspecified atom stereocenters. The molecule has 28 heavy (non-hydrogen) atoms. The van der Waals surface area contributed by atoms with Crippen molar-refractivity contribution >= 4 is 5.91 Å². The van der Waals surface area contributed by atoms with Crippen molar-refractivity contribution in [3.8, 4) is 5.69 Å². The number of aromatic nitrogens is 4. The van der Waals surface area contributed by atoms with Gasteiger partial charge in [-0.1, -0.05) is 53.2 Å². The van der Waals surface area contributed by atoms with Gasteiger partial charge in [-0.15, -0.1) is 5.10 Å². The third kappa shape index (κ3) is 3.81. The predicted octanol–water partition coefficient (Wildman–Crippen LogP) is 3.49. The predicted molar refractivity (Wildman–Crippen MR) is 106 cm³/mol. The molecule has 0 saturated heterocycles. The summed E-state index contributed by atoms with van der Waals surface area (Å²) in [5.41, 5.74) is 4.19. The molecule has 0 aliphatic rings. The molecule has 0 fully saturated rings. The molecule has 1 N–H and O–H groups in total. The maximum atomic E-state index is 12.9. The van der Waals surface area contributed by atoms with E-state index in [4.69, 9.17) is 0 Å². The molecule has 138 valence electrons. The van der Waals surface area contributed by atoms with Gasteiger partial charge in [0.2, 0.25) is 0 Å². The second kappa shape index (κ2) is 7.84. The molecular weight excluding hydrogens is 350 g/mol. The zero-order chi connectivity index (χ0) is 19.3. The highest BCUT2D eigenvalue weighted by Gasteiger charge is 2.20. The fourth-order valence-corrected chi connectivity index (χ4v) is 2.96. The Morgan fingerprint density at radius 3 is 2.32 bits per heavy atom. The molecule has 0 bridgehead atoms. The van der Waals surface area contributed by atoms with Crippen molar-refractivity contribution in [2.45, 2.75) is 13.0 Å². The van der Waals surface area contributed by atoms with Crippen molar-refractivity contribution in [1.29, 1.82) is 0 Å². The molecule has 1 amide bonds. The summed E-state index contributed by atoms with van der Waals surface area (Å²) in [4.78, 5) is 16.9.